The number of rotatable bonds is 6. The van der Waals surface area contributed by atoms with Crippen molar-refractivity contribution in [1.29, 1.82) is 0 Å². The van der Waals surface area contributed by atoms with Crippen molar-refractivity contribution in [3.63, 3.8) is 0 Å². The van der Waals surface area contributed by atoms with Gasteiger partial charge in [-0.3, -0.25) is 0 Å². The Bertz CT molecular complexity index is 205. The summed E-state index contributed by atoms with van der Waals surface area (Å²) in [5, 5.41) is 0. The van der Waals surface area contributed by atoms with Crippen molar-refractivity contribution >= 4 is 8.32 Å². The van der Waals surface area contributed by atoms with Crippen LogP contribution >= 0.6 is 0 Å². The smallest absolute Gasteiger partial charge is 0.195 e. The standard InChI is InChI=1S/C14H30OSi/c1-6-10-14(11-7-2)12-13(5)16(8-3,9-4)15-14/h13H,6-12H2,1-5H3. The van der Waals surface area contributed by atoms with E-state index in [1.54, 1.807) is 0 Å². The third-order valence-corrected chi connectivity index (χ3v) is 9.84. The summed E-state index contributed by atoms with van der Waals surface area (Å²) in [6.07, 6.45) is 6.43. The van der Waals surface area contributed by atoms with Crippen molar-refractivity contribution < 1.29 is 4.43 Å². The molecule has 0 bridgehead atoms. The molecule has 1 heterocycles. The Kier molecular flexibility index (Phi) is 5.05. The molecule has 1 fully saturated rings. The Hall–Kier alpha value is 0.177. The van der Waals surface area contributed by atoms with Crippen LogP contribution in [0.4, 0.5) is 0 Å². The Balaban J connectivity index is 2.84. The van der Waals surface area contributed by atoms with E-state index in [2.05, 4.69) is 34.6 Å². The molecule has 0 saturated carbocycles. The molecule has 0 aromatic rings. The first-order valence-electron chi connectivity index (χ1n) is 7.28. The van der Waals surface area contributed by atoms with Crippen LogP contribution < -0.4 is 0 Å². The first-order chi connectivity index (χ1) is 7.58. The van der Waals surface area contributed by atoms with Crippen molar-refractivity contribution in [2.24, 2.45) is 0 Å². The zero-order chi connectivity index (χ0) is 12.2. The van der Waals surface area contributed by atoms with Crippen molar-refractivity contribution in [3.05, 3.63) is 0 Å². The molecular weight excluding hydrogens is 212 g/mol. The lowest BCUT2D eigenvalue weighted by atomic mass is 9.88. The molecule has 1 aliphatic rings. The second-order valence-corrected chi connectivity index (χ2v) is 10.4. The maximum absolute atomic E-state index is 6.77. The molecule has 0 aromatic carbocycles. The summed E-state index contributed by atoms with van der Waals surface area (Å²) < 4.78 is 6.77. The molecule has 0 aromatic heterocycles. The molecule has 0 aliphatic carbocycles. The molecule has 1 saturated heterocycles. The van der Waals surface area contributed by atoms with Gasteiger partial charge in [-0.15, -0.1) is 0 Å². The monoisotopic (exact) mass is 242 g/mol. The summed E-state index contributed by atoms with van der Waals surface area (Å²) >= 11 is 0. The third-order valence-electron chi connectivity index (χ3n) is 4.60. The summed E-state index contributed by atoms with van der Waals surface area (Å²) in [4.78, 5) is 0. The van der Waals surface area contributed by atoms with E-state index in [1.165, 1.54) is 44.2 Å². The maximum atomic E-state index is 6.77. The van der Waals surface area contributed by atoms with Crippen LogP contribution in [0.3, 0.4) is 0 Å². The highest BCUT2D eigenvalue weighted by atomic mass is 28.4. The molecule has 1 nitrogen and oxygen atoms in total. The molecule has 1 rings (SSSR count). The van der Waals surface area contributed by atoms with Gasteiger partial charge < -0.3 is 4.43 Å². The summed E-state index contributed by atoms with van der Waals surface area (Å²) in [6, 6.07) is 2.61. The van der Waals surface area contributed by atoms with Crippen LogP contribution in [0.15, 0.2) is 0 Å². The minimum absolute atomic E-state index is 0.265. The van der Waals surface area contributed by atoms with E-state index >= 15 is 0 Å². The summed E-state index contributed by atoms with van der Waals surface area (Å²) in [6.45, 7) is 11.7. The molecule has 1 unspecified atom stereocenters. The predicted molar refractivity (Wildman–Crippen MR) is 74.4 cm³/mol. The van der Waals surface area contributed by atoms with Gasteiger partial charge >= 0.3 is 0 Å². The average Bonchev–Trinajstić information content (AvgIpc) is 2.53. The van der Waals surface area contributed by atoms with E-state index in [4.69, 9.17) is 4.43 Å². The van der Waals surface area contributed by atoms with E-state index in [-0.39, 0.29) is 5.60 Å². The number of hydrogen-bond acceptors (Lipinski definition) is 1. The van der Waals surface area contributed by atoms with Gasteiger partial charge in [-0.25, -0.2) is 0 Å². The quantitative estimate of drug-likeness (QED) is 0.587. The Morgan fingerprint density at radius 1 is 1.06 bits per heavy atom. The SMILES string of the molecule is CCCC1(CCC)CC(C)[Si](CC)(CC)O1. The van der Waals surface area contributed by atoms with Gasteiger partial charge in [0.15, 0.2) is 8.32 Å². The topological polar surface area (TPSA) is 9.23 Å². The lowest BCUT2D eigenvalue weighted by Crippen LogP contribution is -2.40. The largest absolute Gasteiger partial charge is 0.411 e. The lowest BCUT2D eigenvalue weighted by Gasteiger charge is -2.34. The van der Waals surface area contributed by atoms with Crippen LogP contribution in [0.1, 0.15) is 66.7 Å². The highest BCUT2D eigenvalue weighted by molar-refractivity contribution is 6.75. The highest BCUT2D eigenvalue weighted by Crippen LogP contribution is 2.50. The molecule has 0 spiro atoms. The Morgan fingerprint density at radius 3 is 1.88 bits per heavy atom. The fourth-order valence-corrected chi connectivity index (χ4v) is 8.03. The summed E-state index contributed by atoms with van der Waals surface area (Å²) in [7, 11) is -1.39. The van der Waals surface area contributed by atoms with Gasteiger partial charge in [-0.1, -0.05) is 47.5 Å². The fourth-order valence-electron chi connectivity index (χ4n) is 3.75. The second kappa shape index (κ2) is 5.68. The minimum Gasteiger partial charge on any atom is -0.411 e. The zero-order valence-electron chi connectivity index (χ0n) is 11.9. The first-order valence-corrected chi connectivity index (χ1v) is 9.68. The van der Waals surface area contributed by atoms with Gasteiger partial charge in [0.25, 0.3) is 0 Å². The van der Waals surface area contributed by atoms with Crippen molar-refractivity contribution in [2.45, 2.75) is 90.0 Å². The maximum Gasteiger partial charge on any atom is 0.195 e. The Labute approximate surface area is 103 Å². The van der Waals surface area contributed by atoms with Crippen LogP contribution in [-0.4, -0.2) is 13.9 Å². The van der Waals surface area contributed by atoms with Crippen LogP contribution in [0, 0.1) is 0 Å². The van der Waals surface area contributed by atoms with E-state index in [1.807, 2.05) is 0 Å². The van der Waals surface area contributed by atoms with Crippen molar-refractivity contribution in [2.75, 3.05) is 0 Å². The molecular formula is C14H30OSi. The summed E-state index contributed by atoms with van der Waals surface area (Å²) in [5.41, 5.74) is 1.13. The molecule has 2 heteroatoms. The molecule has 1 aliphatic heterocycles. The molecule has 0 amide bonds. The van der Waals surface area contributed by atoms with Gasteiger partial charge in [0, 0.05) is 0 Å². The van der Waals surface area contributed by atoms with Crippen molar-refractivity contribution in [3.8, 4) is 0 Å². The molecule has 16 heavy (non-hydrogen) atoms. The van der Waals surface area contributed by atoms with Crippen LogP contribution in [0.2, 0.25) is 17.6 Å². The van der Waals surface area contributed by atoms with E-state index < -0.39 is 8.32 Å². The van der Waals surface area contributed by atoms with Gasteiger partial charge in [-0.2, -0.15) is 0 Å². The number of hydrogen-bond donors (Lipinski definition) is 0. The normalized spacial score (nSPS) is 27.2. The van der Waals surface area contributed by atoms with Gasteiger partial charge in [0.2, 0.25) is 0 Å². The Morgan fingerprint density at radius 2 is 1.56 bits per heavy atom. The zero-order valence-corrected chi connectivity index (χ0v) is 12.9. The van der Waals surface area contributed by atoms with Crippen LogP contribution in [-0.2, 0) is 4.43 Å². The molecule has 1 atom stereocenters. The molecule has 0 N–H and O–H groups in total. The van der Waals surface area contributed by atoms with Gasteiger partial charge in [0.05, 0.1) is 5.60 Å². The van der Waals surface area contributed by atoms with E-state index in [0.717, 1.165) is 5.54 Å². The highest BCUT2D eigenvalue weighted by Gasteiger charge is 2.52. The molecule has 96 valence electrons. The third kappa shape index (κ3) is 2.53. The lowest BCUT2D eigenvalue weighted by molar-refractivity contribution is 0.0604. The van der Waals surface area contributed by atoms with E-state index in [9.17, 15) is 0 Å². The van der Waals surface area contributed by atoms with Gasteiger partial charge in [-0.05, 0) is 36.9 Å². The second-order valence-electron chi connectivity index (χ2n) is 5.66. The van der Waals surface area contributed by atoms with Crippen LogP contribution in [0.5, 0.6) is 0 Å². The molecule has 0 radical (unpaired) electrons. The van der Waals surface area contributed by atoms with Crippen molar-refractivity contribution in [1.82, 2.24) is 0 Å². The fraction of sp³-hybridized carbons (Fsp3) is 1.00. The van der Waals surface area contributed by atoms with E-state index in [0.29, 0.717) is 0 Å². The summed E-state index contributed by atoms with van der Waals surface area (Å²) in [5.74, 6) is 0. The van der Waals surface area contributed by atoms with Crippen LogP contribution in [0.25, 0.3) is 0 Å². The first kappa shape index (κ1) is 14.2. The average molecular weight is 242 g/mol. The van der Waals surface area contributed by atoms with Gasteiger partial charge in [0.1, 0.15) is 0 Å². The minimum atomic E-state index is -1.39. The predicted octanol–water partition coefficient (Wildman–Crippen LogP) is 5.12.